The van der Waals surface area contributed by atoms with E-state index in [1.54, 1.807) is 0 Å². The van der Waals surface area contributed by atoms with Crippen LogP contribution in [-0.4, -0.2) is 22.6 Å². The standard InChI is InChI=1S/C12H21N3O/c1-6-7-13-11-9(4)12(16-8(2)3)15-10(5)14-11/h8H,6-7H2,1-5H3,(H,13,14,15). The molecule has 1 aromatic heterocycles. The number of hydrogen-bond donors (Lipinski definition) is 1. The first-order valence-electron chi connectivity index (χ1n) is 5.80. The molecule has 0 saturated heterocycles. The van der Waals surface area contributed by atoms with E-state index >= 15 is 0 Å². The Morgan fingerprint density at radius 1 is 1.25 bits per heavy atom. The van der Waals surface area contributed by atoms with Gasteiger partial charge in [-0.25, -0.2) is 4.98 Å². The fourth-order valence-corrected chi connectivity index (χ4v) is 1.36. The van der Waals surface area contributed by atoms with E-state index in [1.807, 2.05) is 27.7 Å². The van der Waals surface area contributed by atoms with Crippen LogP contribution in [0.4, 0.5) is 5.82 Å². The van der Waals surface area contributed by atoms with Crippen LogP contribution in [0, 0.1) is 13.8 Å². The number of nitrogens with one attached hydrogen (secondary N) is 1. The van der Waals surface area contributed by atoms with Crippen molar-refractivity contribution in [3.63, 3.8) is 0 Å². The molecular weight excluding hydrogens is 202 g/mol. The fraction of sp³-hybridized carbons (Fsp3) is 0.667. The van der Waals surface area contributed by atoms with Gasteiger partial charge in [0.05, 0.1) is 11.7 Å². The van der Waals surface area contributed by atoms with Crippen LogP contribution in [0.15, 0.2) is 0 Å². The van der Waals surface area contributed by atoms with E-state index in [-0.39, 0.29) is 6.10 Å². The third kappa shape index (κ3) is 3.36. The Balaban J connectivity index is 2.95. The molecule has 16 heavy (non-hydrogen) atoms. The highest BCUT2D eigenvalue weighted by Crippen LogP contribution is 2.22. The Morgan fingerprint density at radius 3 is 2.50 bits per heavy atom. The molecule has 0 aromatic carbocycles. The maximum absolute atomic E-state index is 5.66. The van der Waals surface area contributed by atoms with Crippen LogP contribution in [-0.2, 0) is 0 Å². The lowest BCUT2D eigenvalue weighted by Gasteiger charge is -2.15. The number of hydrogen-bond acceptors (Lipinski definition) is 4. The summed E-state index contributed by atoms with van der Waals surface area (Å²) in [5.74, 6) is 2.30. The van der Waals surface area contributed by atoms with Crippen molar-refractivity contribution >= 4 is 5.82 Å². The first-order chi connectivity index (χ1) is 7.54. The largest absolute Gasteiger partial charge is 0.475 e. The van der Waals surface area contributed by atoms with Gasteiger partial charge in [0, 0.05) is 6.54 Å². The Bertz CT molecular complexity index is 350. The molecule has 4 nitrogen and oxygen atoms in total. The molecule has 0 aliphatic rings. The van der Waals surface area contributed by atoms with Gasteiger partial charge < -0.3 is 10.1 Å². The van der Waals surface area contributed by atoms with E-state index in [2.05, 4.69) is 22.2 Å². The predicted molar refractivity (Wildman–Crippen MR) is 66.1 cm³/mol. The van der Waals surface area contributed by atoms with Gasteiger partial charge in [0.25, 0.3) is 0 Å². The Labute approximate surface area is 97.5 Å². The van der Waals surface area contributed by atoms with Crippen molar-refractivity contribution in [1.82, 2.24) is 9.97 Å². The van der Waals surface area contributed by atoms with Crippen molar-refractivity contribution in [3.8, 4) is 5.88 Å². The zero-order valence-corrected chi connectivity index (χ0v) is 10.8. The molecule has 0 radical (unpaired) electrons. The Hall–Kier alpha value is -1.32. The summed E-state index contributed by atoms with van der Waals surface area (Å²) in [6.07, 6.45) is 1.20. The number of nitrogens with zero attached hydrogens (tertiary/aromatic N) is 2. The molecule has 0 unspecified atom stereocenters. The van der Waals surface area contributed by atoms with Crippen LogP contribution < -0.4 is 10.1 Å². The number of aryl methyl sites for hydroxylation is 1. The van der Waals surface area contributed by atoms with E-state index in [4.69, 9.17) is 4.74 Å². The number of rotatable bonds is 5. The van der Waals surface area contributed by atoms with Crippen molar-refractivity contribution in [2.45, 2.75) is 47.1 Å². The molecule has 1 rings (SSSR count). The summed E-state index contributed by atoms with van der Waals surface area (Å²) in [6, 6.07) is 0. The van der Waals surface area contributed by atoms with Crippen LogP contribution in [0.1, 0.15) is 38.6 Å². The van der Waals surface area contributed by atoms with Crippen molar-refractivity contribution in [2.75, 3.05) is 11.9 Å². The normalized spacial score (nSPS) is 10.6. The minimum absolute atomic E-state index is 0.132. The summed E-state index contributed by atoms with van der Waals surface area (Å²) < 4.78 is 5.66. The molecule has 0 fully saturated rings. The lowest BCUT2D eigenvalue weighted by atomic mass is 10.3. The minimum Gasteiger partial charge on any atom is -0.475 e. The van der Waals surface area contributed by atoms with Crippen LogP contribution >= 0.6 is 0 Å². The average molecular weight is 223 g/mol. The predicted octanol–water partition coefficient (Wildman–Crippen LogP) is 2.70. The first kappa shape index (κ1) is 12.7. The lowest BCUT2D eigenvalue weighted by Crippen LogP contribution is -2.12. The van der Waals surface area contributed by atoms with E-state index in [9.17, 15) is 0 Å². The third-order valence-electron chi connectivity index (χ3n) is 2.10. The summed E-state index contributed by atoms with van der Waals surface area (Å²) in [7, 11) is 0. The van der Waals surface area contributed by atoms with E-state index in [1.165, 1.54) is 0 Å². The molecule has 0 atom stereocenters. The second-order valence-corrected chi connectivity index (χ2v) is 4.14. The maximum Gasteiger partial charge on any atom is 0.222 e. The molecule has 0 spiro atoms. The number of ether oxygens (including phenoxy) is 1. The third-order valence-corrected chi connectivity index (χ3v) is 2.10. The van der Waals surface area contributed by atoms with Gasteiger partial charge in [0.2, 0.25) is 5.88 Å². The quantitative estimate of drug-likeness (QED) is 0.833. The lowest BCUT2D eigenvalue weighted by molar-refractivity contribution is 0.230. The van der Waals surface area contributed by atoms with Gasteiger partial charge in [0.1, 0.15) is 11.6 Å². The molecule has 0 aliphatic carbocycles. The summed E-state index contributed by atoms with van der Waals surface area (Å²) in [6.45, 7) is 10.9. The number of anilines is 1. The van der Waals surface area contributed by atoms with Crippen molar-refractivity contribution in [2.24, 2.45) is 0 Å². The first-order valence-corrected chi connectivity index (χ1v) is 5.80. The average Bonchev–Trinajstić information content (AvgIpc) is 2.20. The van der Waals surface area contributed by atoms with Crippen LogP contribution in [0.2, 0.25) is 0 Å². The highest BCUT2D eigenvalue weighted by molar-refractivity contribution is 5.48. The fourth-order valence-electron chi connectivity index (χ4n) is 1.36. The summed E-state index contributed by atoms with van der Waals surface area (Å²) in [5.41, 5.74) is 0.979. The van der Waals surface area contributed by atoms with Crippen LogP contribution in [0.5, 0.6) is 5.88 Å². The van der Waals surface area contributed by atoms with E-state index < -0.39 is 0 Å². The Kier molecular flexibility index (Phi) is 4.52. The van der Waals surface area contributed by atoms with Gasteiger partial charge >= 0.3 is 0 Å². The van der Waals surface area contributed by atoms with Crippen molar-refractivity contribution < 1.29 is 4.74 Å². The molecule has 0 amide bonds. The maximum atomic E-state index is 5.66. The molecule has 1 aromatic rings. The molecule has 1 heterocycles. The molecule has 0 bridgehead atoms. The molecule has 1 N–H and O–H groups in total. The van der Waals surface area contributed by atoms with Gasteiger partial charge in [-0.1, -0.05) is 6.92 Å². The molecular formula is C12H21N3O. The highest BCUT2D eigenvalue weighted by atomic mass is 16.5. The molecule has 90 valence electrons. The van der Waals surface area contributed by atoms with Gasteiger partial charge in [-0.3, -0.25) is 0 Å². The molecule has 4 heteroatoms. The van der Waals surface area contributed by atoms with E-state index in [0.717, 1.165) is 30.2 Å². The second-order valence-electron chi connectivity index (χ2n) is 4.14. The smallest absolute Gasteiger partial charge is 0.222 e. The van der Waals surface area contributed by atoms with Gasteiger partial charge in [-0.15, -0.1) is 0 Å². The van der Waals surface area contributed by atoms with Gasteiger partial charge in [0.15, 0.2) is 0 Å². The topological polar surface area (TPSA) is 47.0 Å². The van der Waals surface area contributed by atoms with E-state index in [0.29, 0.717) is 5.88 Å². The Morgan fingerprint density at radius 2 is 1.94 bits per heavy atom. The zero-order valence-electron chi connectivity index (χ0n) is 10.8. The minimum atomic E-state index is 0.132. The van der Waals surface area contributed by atoms with Gasteiger partial charge in [-0.2, -0.15) is 4.98 Å². The summed E-state index contributed by atoms with van der Waals surface area (Å²) in [5, 5.41) is 3.29. The summed E-state index contributed by atoms with van der Waals surface area (Å²) >= 11 is 0. The second kappa shape index (κ2) is 5.68. The molecule has 0 aliphatic heterocycles. The van der Waals surface area contributed by atoms with Crippen molar-refractivity contribution in [3.05, 3.63) is 11.4 Å². The van der Waals surface area contributed by atoms with Crippen molar-refractivity contribution in [1.29, 1.82) is 0 Å². The van der Waals surface area contributed by atoms with Gasteiger partial charge in [-0.05, 0) is 34.1 Å². The SMILES string of the molecule is CCCNc1nc(C)nc(OC(C)C)c1C. The monoisotopic (exact) mass is 223 g/mol. The van der Waals surface area contributed by atoms with Crippen LogP contribution in [0.25, 0.3) is 0 Å². The molecule has 0 saturated carbocycles. The van der Waals surface area contributed by atoms with Crippen LogP contribution in [0.3, 0.4) is 0 Å². The zero-order chi connectivity index (χ0) is 12.1. The number of aromatic nitrogens is 2. The highest BCUT2D eigenvalue weighted by Gasteiger charge is 2.10. The summed E-state index contributed by atoms with van der Waals surface area (Å²) in [4.78, 5) is 8.68.